The zero-order valence-electron chi connectivity index (χ0n) is 13.8. The number of hydrogen-bond acceptors (Lipinski definition) is 3. The molecule has 0 saturated heterocycles. The lowest BCUT2D eigenvalue weighted by molar-refractivity contribution is -0.112. The first-order valence-corrected chi connectivity index (χ1v) is 7.67. The second-order valence-corrected chi connectivity index (χ2v) is 5.32. The molecule has 0 bridgehead atoms. The van der Waals surface area contributed by atoms with Crippen molar-refractivity contribution < 1.29 is 9.59 Å². The van der Waals surface area contributed by atoms with Crippen molar-refractivity contribution in [3.63, 3.8) is 0 Å². The van der Waals surface area contributed by atoms with E-state index >= 15 is 0 Å². The quantitative estimate of drug-likeness (QED) is 0.522. The number of nitrogens with one attached hydrogen (secondary N) is 1. The van der Waals surface area contributed by atoms with Gasteiger partial charge < -0.3 is 5.32 Å². The van der Waals surface area contributed by atoms with Gasteiger partial charge in [0.25, 0.3) is 0 Å². The summed E-state index contributed by atoms with van der Waals surface area (Å²) in [6.07, 6.45) is 1.57. The van der Waals surface area contributed by atoms with Gasteiger partial charge in [0.2, 0.25) is 0 Å². The number of benzene rings is 2. The summed E-state index contributed by atoms with van der Waals surface area (Å²) >= 11 is 0. The van der Waals surface area contributed by atoms with Gasteiger partial charge in [0, 0.05) is 22.9 Å². The first-order chi connectivity index (χ1) is 11.6. The Bertz CT molecular complexity index is 806. The Kier molecular flexibility index (Phi) is 6.10. The van der Waals surface area contributed by atoms with Crippen LogP contribution in [0.4, 0.5) is 0 Å². The molecule has 0 fully saturated rings. The third-order valence-electron chi connectivity index (χ3n) is 3.32. The Hall–Kier alpha value is -3.12. The fourth-order valence-corrected chi connectivity index (χ4v) is 2.13. The van der Waals surface area contributed by atoms with Crippen LogP contribution < -0.4 is 5.32 Å². The molecule has 0 aliphatic rings. The summed E-state index contributed by atoms with van der Waals surface area (Å²) in [6, 6.07) is 16.8. The molecular weight excluding hydrogens is 298 g/mol. The maximum Gasteiger partial charge on any atom is 0.159 e. The number of Topliss-reactive ketones (excluding diaryl/α,β-unsaturated/α-hetero) is 1. The number of ketones is 2. The lowest BCUT2D eigenvalue weighted by atomic mass is 10.1. The van der Waals surface area contributed by atoms with Crippen molar-refractivity contribution in [2.45, 2.75) is 13.8 Å². The molecule has 0 aliphatic carbocycles. The SMILES string of the molecule is CC(=O)/C=C(\NCC#Cc1ccc(C(C)=O)cc1)c1ccccc1. The largest absolute Gasteiger partial charge is 0.374 e. The molecule has 0 aliphatic heterocycles. The van der Waals surface area contributed by atoms with Gasteiger partial charge >= 0.3 is 0 Å². The number of carbonyl (C=O) groups excluding carboxylic acids is 2. The van der Waals surface area contributed by atoms with E-state index in [9.17, 15) is 9.59 Å². The smallest absolute Gasteiger partial charge is 0.159 e. The van der Waals surface area contributed by atoms with Crippen LogP contribution in [-0.4, -0.2) is 18.1 Å². The molecule has 1 N–H and O–H groups in total. The van der Waals surface area contributed by atoms with Crippen LogP contribution >= 0.6 is 0 Å². The van der Waals surface area contributed by atoms with Crippen LogP contribution in [-0.2, 0) is 4.79 Å². The fourth-order valence-electron chi connectivity index (χ4n) is 2.13. The molecule has 0 radical (unpaired) electrons. The number of allylic oxidation sites excluding steroid dienone is 1. The van der Waals surface area contributed by atoms with Crippen LogP contribution in [0.5, 0.6) is 0 Å². The van der Waals surface area contributed by atoms with Crippen LogP contribution in [0.2, 0.25) is 0 Å². The van der Waals surface area contributed by atoms with Gasteiger partial charge in [0.1, 0.15) is 0 Å². The Morgan fingerprint density at radius 2 is 1.62 bits per heavy atom. The summed E-state index contributed by atoms with van der Waals surface area (Å²) in [5.74, 6) is 6.08. The Morgan fingerprint density at radius 3 is 2.21 bits per heavy atom. The van der Waals surface area contributed by atoms with E-state index in [0.717, 1.165) is 16.8 Å². The van der Waals surface area contributed by atoms with Gasteiger partial charge in [-0.15, -0.1) is 0 Å². The van der Waals surface area contributed by atoms with Gasteiger partial charge in [-0.2, -0.15) is 0 Å². The van der Waals surface area contributed by atoms with Gasteiger partial charge in [-0.25, -0.2) is 0 Å². The summed E-state index contributed by atoms with van der Waals surface area (Å²) in [4.78, 5) is 22.6. The van der Waals surface area contributed by atoms with Gasteiger partial charge in [-0.05, 0) is 31.5 Å². The van der Waals surface area contributed by atoms with Gasteiger partial charge in [0.05, 0.1) is 6.54 Å². The van der Waals surface area contributed by atoms with Crippen molar-refractivity contribution in [3.8, 4) is 11.8 Å². The summed E-state index contributed by atoms with van der Waals surface area (Å²) in [5, 5.41) is 3.18. The molecule has 0 unspecified atom stereocenters. The van der Waals surface area contributed by atoms with Crippen molar-refractivity contribution in [2.24, 2.45) is 0 Å². The third-order valence-corrected chi connectivity index (χ3v) is 3.32. The average molecular weight is 317 g/mol. The van der Waals surface area contributed by atoms with E-state index in [1.165, 1.54) is 13.8 Å². The van der Waals surface area contributed by atoms with E-state index in [1.54, 1.807) is 18.2 Å². The predicted octanol–water partition coefficient (Wildman–Crippen LogP) is 3.46. The van der Waals surface area contributed by atoms with Crippen LogP contribution in [0.3, 0.4) is 0 Å². The van der Waals surface area contributed by atoms with Crippen LogP contribution in [0, 0.1) is 11.8 Å². The highest BCUT2D eigenvalue weighted by atomic mass is 16.1. The molecular formula is C21H19NO2. The lowest BCUT2D eigenvalue weighted by Crippen LogP contribution is -2.13. The highest BCUT2D eigenvalue weighted by molar-refractivity contribution is 5.95. The highest BCUT2D eigenvalue weighted by Gasteiger charge is 2.01. The predicted molar refractivity (Wildman–Crippen MR) is 96.4 cm³/mol. The number of rotatable bonds is 5. The monoisotopic (exact) mass is 317 g/mol. The zero-order valence-corrected chi connectivity index (χ0v) is 13.8. The summed E-state index contributed by atoms with van der Waals surface area (Å²) in [6.45, 7) is 3.48. The summed E-state index contributed by atoms with van der Waals surface area (Å²) in [5.41, 5.74) is 3.22. The molecule has 0 amide bonds. The van der Waals surface area contributed by atoms with Gasteiger partial charge in [-0.1, -0.05) is 54.3 Å². The molecule has 3 nitrogen and oxygen atoms in total. The first-order valence-electron chi connectivity index (χ1n) is 7.67. The van der Waals surface area contributed by atoms with Gasteiger partial charge in [0.15, 0.2) is 11.6 Å². The van der Waals surface area contributed by atoms with Crippen molar-refractivity contribution in [1.29, 1.82) is 0 Å². The summed E-state index contributed by atoms with van der Waals surface area (Å²) < 4.78 is 0. The Morgan fingerprint density at radius 1 is 0.958 bits per heavy atom. The Balaban J connectivity index is 2.03. The minimum Gasteiger partial charge on any atom is -0.374 e. The van der Waals surface area contributed by atoms with Crippen molar-refractivity contribution in [1.82, 2.24) is 5.32 Å². The highest BCUT2D eigenvalue weighted by Crippen LogP contribution is 2.10. The van der Waals surface area contributed by atoms with Crippen molar-refractivity contribution in [3.05, 3.63) is 77.4 Å². The molecule has 2 aromatic rings. The van der Waals surface area contributed by atoms with E-state index in [-0.39, 0.29) is 11.6 Å². The van der Waals surface area contributed by atoms with Crippen LogP contribution in [0.15, 0.2) is 60.7 Å². The molecule has 0 aromatic heterocycles. The van der Waals surface area contributed by atoms with E-state index < -0.39 is 0 Å². The molecule has 0 saturated carbocycles. The molecule has 0 atom stereocenters. The first kappa shape index (κ1) is 17.2. The van der Waals surface area contributed by atoms with Crippen LogP contribution in [0.1, 0.15) is 35.3 Å². The molecule has 3 heteroatoms. The lowest BCUT2D eigenvalue weighted by Gasteiger charge is -2.08. The molecule has 2 aromatic carbocycles. The average Bonchev–Trinajstić information content (AvgIpc) is 2.58. The Labute approximate surface area is 142 Å². The van der Waals surface area contributed by atoms with Crippen LogP contribution in [0.25, 0.3) is 5.70 Å². The second kappa shape index (κ2) is 8.50. The maximum absolute atomic E-state index is 11.4. The third kappa shape index (κ3) is 5.26. The van der Waals surface area contributed by atoms with E-state index in [2.05, 4.69) is 17.2 Å². The van der Waals surface area contributed by atoms with Crippen molar-refractivity contribution >= 4 is 17.3 Å². The molecule has 0 spiro atoms. The normalized spacial score (nSPS) is 10.5. The summed E-state index contributed by atoms with van der Waals surface area (Å²) in [7, 11) is 0. The molecule has 120 valence electrons. The van der Waals surface area contributed by atoms with E-state index in [4.69, 9.17) is 0 Å². The number of hydrogen-bond donors (Lipinski definition) is 1. The molecule has 2 rings (SSSR count). The number of carbonyl (C=O) groups is 2. The van der Waals surface area contributed by atoms with Gasteiger partial charge in [-0.3, -0.25) is 9.59 Å². The zero-order chi connectivity index (χ0) is 17.4. The van der Waals surface area contributed by atoms with E-state index in [0.29, 0.717) is 12.1 Å². The topological polar surface area (TPSA) is 46.2 Å². The fraction of sp³-hybridized carbons (Fsp3) is 0.143. The second-order valence-electron chi connectivity index (χ2n) is 5.32. The standard InChI is InChI=1S/C21H19NO2/c1-16(23)15-21(20-8-4-3-5-9-20)22-14-6-7-18-10-12-19(13-11-18)17(2)24/h3-5,8-13,15,22H,14H2,1-2H3/b21-15-. The van der Waals surface area contributed by atoms with E-state index in [1.807, 2.05) is 42.5 Å². The molecule has 0 heterocycles. The minimum atomic E-state index is -0.0193. The maximum atomic E-state index is 11.4. The minimum absolute atomic E-state index is 0.0193. The van der Waals surface area contributed by atoms with Crippen molar-refractivity contribution in [2.75, 3.05) is 6.54 Å². The molecule has 24 heavy (non-hydrogen) atoms.